The average Bonchev–Trinajstić information content (AvgIpc) is 2.68. The van der Waals surface area contributed by atoms with E-state index in [1.54, 1.807) is 7.11 Å². The molecule has 0 bridgehead atoms. The van der Waals surface area contributed by atoms with Gasteiger partial charge in [-0.05, 0) is 32.1 Å². The monoisotopic (exact) mass is 286 g/mol. The number of urea groups is 1. The molecule has 116 valence electrons. The Kier molecular flexibility index (Phi) is 8.02. The van der Waals surface area contributed by atoms with Gasteiger partial charge in [0.15, 0.2) is 0 Å². The van der Waals surface area contributed by atoms with Crippen LogP contribution >= 0.6 is 0 Å². The van der Waals surface area contributed by atoms with Gasteiger partial charge < -0.3 is 20.1 Å². The van der Waals surface area contributed by atoms with E-state index >= 15 is 0 Å². The molecule has 6 heteroatoms. The number of nitrogens with zero attached hydrogens (tertiary/aromatic N) is 1. The molecule has 1 aliphatic heterocycles. The molecule has 0 aliphatic carbocycles. The van der Waals surface area contributed by atoms with Gasteiger partial charge in [-0.15, -0.1) is 0 Å². The second-order valence-electron chi connectivity index (χ2n) is 5.18. The first-order chi connectivity index (χ1) is 9.66. The van der Waals surface area contributed by atoms with Crippen molar-refractivity contribution in [2.24, 2.45) is 0 Å². The molecule has 1 saturated heterocycles. The maximum atomic E-state index is 12.1. The van der Waals surface area contributed by atoms with Crippen LogP contribution in [0.4, 0.5) is 4.79 Å². The number of nitrogens with one attached hydrogen (secondary N) is 1. The van der Waals surface area contributed by atoms with Gasteiger partial charge in [0, 0.05) is 26.8 Å². The van der Waals surface area contributed by atoms with E-state index in [4.69, 9.17) is 4.74 Å². The topological polar surface area (TPSA) is 78.9 Å². The third kappa shape index (κ3) is 5.77. The largest absolute Gasteiger partial charge is 0.480 e. The van der Waals surface area contributed by atoms with Gasteiger partial charge in [0.25, 0.3) is 0 Å². The maximum absolute atomic E-state index is 12.1. The quantitative estimate of drug-likeness (QED) is 0.700. The van der Waals surface area contributed by atoms with Crippen molar-refractivity contribution in [3.63, 3.8) is 0 Å². The van der Waals surface area contributed by atoms with Crippen LogP contribution in [-0.4, -0.2) is 54.9 Å². The van der Waals surface area contributed by atoms with E-state index in [-0.39, 0.29) is 6.03 Å². The average molecular weight is 286 g/mol. The van der Waals surface area contributed by atoms with Crippen molar-refractivity contribution in [3.05, 3.63) is 0 Å². The minimum absolute atomic E-state index is 0.244. The van der Waals surface area contributed by atoms with Crippen molar-refractivity contribution in [1.82, 2.24) is 10.2 Å². The molecule has 1 fully saturated rings. The summed E-state index contributed by atoms with van der Waals surface area (Å²) < 4.78 is 4.96. The number of unbranched alkanes of at least 4 members (excludes halogenated alkanes) is 2. The number of aliphatic carboxylic acids is 1. The number of rotatable bonds is 7. The van der Waals surface area contributed by atoms with Gasteiger partial charge in [0.1, 0.15) is 6.04 Å². The molecular formula is C14H26N2O4. The highest BCUT2D eigenvalue weighted by Gasteiger charge is 2.30. The molecule has 0 saturated carbocycles. The fraction of sp³-hybridized carbons (Fsp3) is 0.857. The van der Waals surface area contributed by atoms with Crippen LogP contribution in [0.3, 0.4) is 0 Å². The van der Waals surface area contributed by atoms with E-state index in [0.717, 1.165) is 45.1 Å². The molecule has 0 aromatic carbocycles. The number of carboxylic acid groups (broad SMARTS) is 1. The Morgan fingerprint density at radius 3 is 2.75 bits per heavy atom. The summed E-state index contributed by atoms with van der Waals surface area (Å²) in [7, 11) is 1.67. The lowest BCUT2D eigenvalue weighted by molar-refractivity contribution is -0.142. The fourth-order valence-corrected chi connectivity index (χ4v) is 2.45. The minimum atomic E-state index is -0.901. The predicted molar refractivity (Wildman–Crippen MR) is 75.7 cm³/mol. The molecule has 0 aromatic rings. The standard InChI is InChI=1S/C14H26N2O4/c1-20-11-7-3-5-9-15-14(19)16-10-6-2-4-8-12(16)13(17)18/h12H,2-11H2,1H3,(H,15,19)(H,17,18). The van der Waals surface area contributed by atoms with Crippen molar-refractivity contribution < 1.29 is 19.4 Å². The summed E-state index contributed by atoms with van der Waals surface area (Å²) in [5.41, 5.74) is 0. The van der Waals surface area contributed by atoms with Crippen LogP contribution < -0.4 is 5.32 Å². The van der Waals surface area contributed by atoms with Crippen LogP contribution in [0.25, 0.3) is 0 Å². The zero-order chi connectivity index (χ0) is 14.8. The summed E-state index contributed by atoms with van der Waals surface area (Å²) in [6.45, 7) is 1.86. The molecule has 1 rings (SSSR count). The Morgan fingerprint density at radius 1 is 1.25 bits per heavy atom. The highest BCUT2D eigenvalue weighted by molar-refractivity contribution is 5.82. The molecule has 2 amide bonds. The van der Waals surface area contributed by atoms with Gasteiger partial charge in [0.2, 0.25) is 0 Å². The first-order valence-electron chi connectivity index (χ1n) is 7.43. The summed E-state index contributed by atoms with van der Waals surface area (Å²) in [6, 6.07) is -0.919. The molecule has 0 radical (unpaired) electrons. The maximum Gasteiger partial charge on any atom is 0.326 e. The molecule has 1 unspecified atom stereocenters. The number of amides is 2. The minimum Gasteiger partial charge on any atom is -0.480 e. The SMILES string of the molecule is COCCCCCNC(=O)N1CCCCCC1C(=O)O. The number of methoxy groups -OCH3 is 1. The Hall–Kier alpha value is -1.30. The first-order valence-corrected chi connectivity index (χ1v) is 7.43. The number of carbonyl (C=O) groups excluding carboxylic acids is 1. The van der Waals surface area contributed by atoms with Crippen LogP contribution in [0.2, 0.25) is 0 Å². The number of hydrogen-bond donors (Lipinski definition) is 2. The van der Waals surface area contributed by atoms with Crippen LogP contribution in [0.1, 0.15) is 44.9 Å². The molecular weight excluding hydrogens is 260 g/mol. The summed E-state index contributed by atoms with van der Waals surface area (Å²) >= 11 is 0. The highest BCUT2D eigenvalue weighted by atomic mass is 16.5. The molecule has 1 atom stereocenters. The van der Waals surface area contributed by atoms with E-state index in [1.807, 2.05) is 0 Å². The van der Waals surface area contributed by atoms with Crippen molar-refractivity contribution in [1.29, 1.82) is 0 Å². The van der Waals surface area contributed by atoms with Crippen molar-refractivity contribution in [3.8, 4) is 0 Å². The third-order valence-electron chi connectivity index (χ3n) is 3.60. The normalized spacial score (nSPS) is 19.4. The second kappa shape index (κ2) is 9.58. The summed E-state index contributed by atoms with van der Waals surface area (Å²) in [5, 5.41) is 12.0. The number of hydrogen-bond acceptors (Lipinski definition) is 3. The van der Waals surface area contributed by atoms with Crippen LogP contribution in [0.15, 0.2) is 0 Å². The summed E-state index contributed by atoms with van der Waals surface area (Å²) in [5.74, 6) is -0.901. The number of carbonyl (C=O) groups is 2. The number of carboxylic acids is 1. The van der Waals surface area contributed by atoms with Crippen LogP contribution in [-0.2, 0) is 9.53 Å². The van der Waals surface area contributed by atoms with Gasteiger partial charge in [-0.3, -0.25) is 0 Å². The zero-order valence-corrected chi connectivity index (χ0v) is 12.3. The Balaban J connectivity index is 2.33. The molecule has 2 N–H and O–H groups in total. The first kappa shape index (κ1) is 16.8. The number of ether oxygens (including phenoxy) is 1. The molecule has 0 spiro atoms. The number of likely N-dealkylation sites (tertiary alicyclic amines) is 1. The summed E-state index contributed by atoms with van der Waals surface area (Å²) in [6.07, 6.45) is 6.16. The van der Waals surface area contributed by atoms with Gasteiger partial charge in [-0.2, -0.15) is 0 Å². The summed E-state index contributed by atoms with van der Waals surface area (Å²) in [4.78, 5) is 24.8. The van der Waals surface area contributed by atoms with Crippen LogP contribution in [0.5, 0.6) is 0 Å². The smallest absolute Gasteiger partial charge is 0.326 e. The van der Waals surface area contributed by atoms with Gasteiger partial charge in [-0.1, -0.05) is 12.8 Å². The third-order valence-corrected chi connectivity index (χ3v) is 3.60. The van der Waals surface area contributed by atoms with E-state index in [0.29, 0.717) is 19.5 Å². The lowest BCUT2D eigenvalue weighted by Gasteiger charge is -2.27. The molecule has 6 nitrogen and oxygen atoms in total. The Bertz CT molecular complexity index is 310. The van der Waals surface area contributed by atoms with Gasteiger partial charge in [-0.25, -0.2) is 9.59 Å². The van der Waals surface area contributed by atoms with Gasteiger partial charge >= 0.3 is 12.0 Å². The zero-order valence-electron chi connectivity index (χ0n) is 12.3. The van der Waals surface area contributed by atoms with Gasteiger partial charge in [0.05, 0.1) is 0 Å². The lowest BCUT2D eigenvalue weighted by atomic mass is 10.1. The van der Waals surface area contributed by atoms with Crippen molar-refractivity contribution in [2.75, 3.05) is 26.8 Å². The second-order valence-corrected chi connectivity index (χ2v) is 5.18. The predicted octanol–water partition coefficient (Wildman–Crippen LogP) is 1.84. The van der Waals surface area contributed by atoms with Crippen LogP contribution in [0, 0.1) is 0 Å². The van der Waals surface area contributed by atoms with E-state index in [9.17, 15) is 14.7 Å². The lowest BCUT2D eigenvalue weighted by Crippen LogP contribution is -2.49. The highest BCUT2D eigenvalue weighted by Crippen LogP contribution is 2.17. The molecule has 1 aliphatic rings. The van der Waals surface area contributed by atoms with Crippen molar-refractivity contribution >= 4 is 12.0 Å². The van der Waals surface area contributed by atoms with Crippen molar-refractivity contribution in [2.45, 2.75) is 51.0 Å². The van der Waals surface area contributed by atoms with E-state index < -0.39 is 12.0 Å². The fourth-order valence-electron chi connectivity index (χ4n) is 2.45. The molecule has 1 heterocycles. The molecule has 0 aromatic heterocycles. The van der Waals surface area contributed by atoms with E-state index in [2.05, 4.69) is 5.32 Å². The Morgan fingerprint density at radius 2 is 2.05 bits per heavy atom. The molecule has 20 heavy (non-hydrogen) atoms. The van der Waals surface area contributed by atoms with E-state index in [1.165, 1.54) is 4.90 Å². The Labute approximate surface area is 120 Å².